The van der Waals surface area contributed by atoms with Crippen LogP contribution in [0.5, 0.6) is 5.75 Å². The van der Waals surface area contributed by atoms with Gasteiger partial charge in [-0.15, -0.1) is 0 Å². The van der Waals surface area contributed by atoms with Gasteiger partial charge in [-0.1, -0.05) is 23.2 Å². The van der Waals surface area contributed by atoms with Crippen LogP contribution in [0.4, 0.5) is 0 Å². The summed E-state index contributed by atoms with van der Waals surface area (Å²) in [6.45, 7) is 0.771. The van der Waals surface area contributed by atoms with E-state index in [1.54, 1.807) is 18.2 Å². The number of dihydropyridines is 1. The molecule has 0 aromatic heterocycles. The Morgan fingerprint density at radius 2 is 2.07 bits per heavy atom. The lowest BCUT2D eigenvalue weighted by Crippen LogP contribution is -2.10. The van der Waals surface area contributed by atoms with Gasteiger partial charge in [-0.3, -0.25) is 0 Å². The van der Waals surface area contributed by atoms with E-state index in [4.69, 9.17) is 27.9 Å². The molecule has 0 spiro atoms. The zero-order chi connectivity index (χ0) is 10.7. The van der Waals surface area contributed by atoms with E-state index >= 15 is 0 Å². The largest absolute Gasteiger partial charge is 0.458 e. The maximum atomic E-state index is 5.87. The monoisotopic (exact) mass is 241 g/mol. The summed E-state index contributed by atoms with van der Waals surface area (Å²) in [6, 6.07) is 5.19. The summed E-state index contributed by atoms with van der Waals surface area (Å²) in [5.41, 5.74) is 0. The maximum absolute atomic E-state index is 5.87. The highest BCUT2D eigenvalue weighted by Gasteiger charge is 2.03. The first-order valence-corrected chi connectivity index (χ1v) is 5.24. The van der Waals surface area contributed by atoms with Gasteiger partial charge < -0.3 is 10.1 Å². The van der Waals surface area contributed by atoms with Gasteiger partial charge in [0.15, 0.2) is 0 Å². The van der Waals surface area contributed by atoms with E-state index in [9.17, 15) is 0 Å². The zero-order valence-electron chi connectivity index (χ0n) is 7.84. The molecule has 2 rings (SSSR count). The van der Waals surface area contributed by atoms with Gasteiger partial charge in [-0.05, 0) is 24.3 Å². The quantitative estimate of drug-likeness (QED) is 0.858. The number of ether oxygens (including phenoxy) is 1. The van der Waals surface area contributed by atoms with Crippen LogP contribution in [-0.4, -0.2) is 6.54 Å². The van der Waals surface area contributed by atoms with Gasteiger partial charge in [-0.25, -0.2) is 0 Å². The molecule has 0 saturated heterocycles. The number of hydrogen-bond donors (Lipinski definition) is 1. The summed E-state index contributed by atoms with van der Waals surface area (Å²) in [5, 5.41) is 4.06. The van der Waals surface area contributed by atoms with E-state index in [1.807, 2.05) is 18.4 Å². The van der Waals surface area contributed by atoms with Crippen LogP contribution in [0.2, 0.25) is 10.0 Å². The van der Waals surface area contributed by atoms with Crippen LogP contribution in [-0.2, 0) is 0 Å². The molecule has 15 heavy (non-hydrogen) atoms. The van der Waals surface area contributed by atoms with Gasteiger partial charge in [0, 0.05) is 18.8 Å². The van der Waals surface area contributed by atoms with Crippen molar-refractivity contribution in [2.24, 2.45) is 0 Å². The first-order chi connectivity index (χ1) is 7.25. The van der Waals surface area contributed by atoms with Crippen molar-refractivity contribution in [2.75, 3.05) is 6.54 Å². The molecule has 0 fully saturated rings. The fourth-order valence-corrected chi connectivity index (χ4v) is 1.48. The van der Waals surface area contributed by atoms with Gasteiger partial charge >= 0.3 is 0 Å². The van der Waals surface area contributed by atoms with Crippen LogP contribution in [0, 0.1) is 0 Å². The van der Waals surface area contributed by atoms with Crippen molar-refractivity contribution in [3.63, 3.8) is 0 Å². The normalized spacial score (nSPS) is 14.4. The Morgan fingerprint density at radius 1 is 1.20 bits per heavy atom. The molecule has 0 amide bonds. The molecule has 1 aliphatic rings. The number of hydrogen-bond acceptors (Lipinski definition) is 2. The van der Waals surface area contributed by atoms with E-state index in [1.165, 1.54) is 0 Å². The summed E-state index contributed by atoms with van der Waals surface area (Å²) < 4.78 is 5.58. The van der Waals surface area contributed by atoms with Crippen molar-refractivity contribution in [1.82, 2.24) is 5.32 Å². The first kappa shape index (κ1) is 10.4. The average Bonchev–Trinajstić information content (AvgIpc) is 2.25. The summed E-state index contributed by atoms with van der Waals surface area (Å²) in [7, 11) is 0. The van der Waals surface area contributed by atoms with Crippen molar-refractivity contribution < 1.29 is 4.74 Å². The topological polar surface area (TPSA) is 21.3 Å². The minimum Gasteiger partial charge on any atom is -0.458 e. The fourth-order valence-electron chi connectivity index (χ4n) is 1.19. The van der Waals surface area contributed by atoms with Gasteiger partial charge in [-0.2, -0.15) is 0 Å². The van der Waals surface area contributed by atoms with Gasteiger partial charge in [0.05, 0.1) is 10.0 Å². The maximum Gasteiger partial charge on any atom is 0.129 e. The van der Waals surface area contributed by atoms with Crippen LogP contribution >= 0.6 is 23.2 Å². The predicted molar refractivity (Wildman–Crippen MR) is 62.3 cm³/mol. The highest BCUT2D eigenvalue weighted by molar-refractivity contribution is 6.42. The van der Waals surface area contributed by atoms with Crippen LogP contribution in [0.15, 0.2) is 42.3 Å². The SMILES string of the molecule is Clc1ccc(OC2=CCNC=C2)cc1Cl. The number of allylic oxidation sites excluding steroid dienone is 1. The van der Waals surface area contributed by atoms with E-state index in [2.05, 4.69) is 5.32 Å². The molecular weight excluding hydrogens is 233 g/mol. The number of rotatable bonds is 2. The van der Waals surface area contributed by atoms with Crippen LogP contribution in [0.1, 0.15) is 0 Å². The van der Waals surface area contributed by atoms with Crippen molar-refractivity contribution in [3.8, 4) is 5.75 Å². The second-order valence-corrected chi connectivity index (χ2v) is 3.84. The second kappa shape index (κ2) is 4.60. The minimum atomic E-state index is 0.493. The second-order valence-electron chi connectivity index (χ2n) is 3.03. The van der Waals surface area contributed by atoms with Crippen LogP contribution < -0.4 is 10.1 Å². The molecule has 4 heteroatoms. The number of halogens is 2. The summed E-state index contributed by atoms with van der Waals surface area (Å²) in [6.07, 6.45) is 5.64. The Bertz CT molecular complexity index is 427. The Kier molecular flexibility index (Phi) is 3.19. The molecule has 0 aliphatic carbocycles. The minimum absolute atomic E-state index is 0.493. The lowest BCUT2D eigenvalue weighted by molar-refractivity contribution is 0.439. The zero-order valence-corrected chi connectivity index (χ0v) is 9.35. The van der Waals surface area contributed by atoms with Crippen molar-refractivity contribution >= 4 is 23.2 Å². The van der Waals surface area contributed by atoms with E-state index < -0.39 is 0 Å². The molecule has 0 bridgehead atoms. The molecule has 1 aliphatic heterocycles. The van der Waals surface area contributed by atoms with Gasteiger partial charge in [0.25, 0.3) is 0 Å². The number of nitrogens with one attached hydrogen (secondary N) is 1. The standard InChI is InChI=1S/C11H9Cl2NO/c12-10-2-1-9(7-11(10)13)15-8-3-5-14-6-4-8/h1-5,7,14H,6H2. The molecule has 0 radical (unpaired) electrons. The Balaban J connectivity index is 2.14. The molecular formula is C11H9Cl2NO. The van der Waals surface area contributed by atoms with Crippen molar-refractivity contribution in [1.29, 1.82) is 0 Å². The molecule has 1 N–H and O–H groups in total. The van der Waals surface area contributed by atoms with Gasteiger partial charge in [0.2, 0.25) is 0 Å². The molecule has 1 aromatic rings. The van der Waals surface area contributed by atoms with Crippen LogP contribution in [0.25, 0.3) is 0 Å². The first-order valence-electron chi connectivity index (χ1n) is 4.49. The Labute approximate surface area is 98.1 Å². The van der Waals surface area contributed by atoms with Crippen molar-refractivity contribution in [3.05, 3.63) is 52.4 Å². The summed E-state index contributed by atoms with van der Waals surface area (Å²) >= 11 is 11.7. The fraction of sp³-hybridized carbons (Fsp3) is 0.0909. The van der Waals surface area contributed by atoms with Gasteiger partial charge in [0.1, 0.15) is 11.5 Å². The molecule has 1 heterocycles. The number of benzene rings is 1. The molecule has 1 aromatic carbocycles. The lowest BCUT2D eigenvalue weighted by atomic mass is 10.3. The third-order valence-corrected chi connectivity index (χ3v) is 2.65. The van der Waals surface area contributed by atoms with Crippen molar-refractivity contribution in [2.45, 2.75) is 0 Å². The highest BCUT2D eigenvalue weighted by atomic mass is 35.5. The Morgan fingerprint density at radius 3 is 2.73 bits per heavy atom. The van der Waals surface area contributed by atoms with E-state index in [0.717, 1.165) is 12.3 Å². The molecule has 78 valence electrons. The molecule has 2 nitrogen and oxygen atoms in total. The highest BCUT2D eigenvalue weighted by Crippen LogP contribution is 2.27. The lowest BCUT2D eigenvalue weighted by Gasteiger charge is -2.10. The Hall–Kier alpha value is -1.12. The van der Waals surface area contributed by atoms with E-state index in [0.29, 0.717) is 15.8 Å². The third kappa shape index (κ3) is 2.67. The average molecular weight is 242 g/mol. The third-order valence-electron chi connectivity index (χ3n) is 1.91. The smallest absolute Gasteiger partial charge is 0.129 e. The molecule has 0 atom stereocenters. The summed E-state index contributed by atoms with van der Waals surface area (Å²) in [4.78, 5) is 0. The summed E-state index contributed by atoms with van der Waals surface area (Å²) in [5.74, 6) is 1.48. The van der Waals surface area contributed by atoms with Crippen LogP contribution in [0.3, 0.4) is 0 Å². The molecule has 0 unspecified atom stereocenters. The predicted octanol–water partition coefficient (Wildman–Crippen LogP) is 3.37. The molecule has 0 saturated carbocycles. The van der Waals surface area contributed by atoms with E-state index in [-0.39, 0.29) is 0 Å².